The summed E-state index contributed by atoms with van der Waals surface area (Å²) < 4.78 is 12.8. The van der Waals surface area contributed by atoms with E-state index in [-0.39, 0.29) is 5.82 Å². The van der Waals surface area contributed by atoms with Crippen LogP contribution in [0.5, 0.6) is 0 Å². The van der Waals surface area contributed by atoms with E-state index in [9.17, 15) is 4.39 Å². The van der Waals surface area contributed by atoms with Gasteiger partial charge in [0.25, 0.3) is 0 Å². The van der Waals surface area contributed by atoms with Crippen molar-refractivity contribution in [2.24, 2.45) is 5.73 Å². The molecule has 1 aromatic rings. The summed E-state index contributed by atoms with van der Waals surface area (Å²) in [7, 11) is 0. The van der Waals surface area contributed by atoms with Crippen LogP contribution in [-0.4, -0.2) is 12.3 Å². The van der Waals surface area contributed by atoms with Gasteiger partial charge in [-0.1, -0.05) is 12.5 Å². The van der Waals surface area contributed by atoms with Gasteiger partial charge in [-0.25, -0.2) is 4.39 Å². The number of halogens is 1. The highest BCUT2D eigenvalue weighted by Crippen LogP contribution is 2.19. The van der Waals surface area contributed by atoms with Crippen molar-refractivity contribution >= 4 is 11.8 Å². The first-order chi connectivity index (χ1) is 6.83. The molecule has 0 amide bonds. The van der Waals surface area contributed by atoms with Crippen molar-refractivity contribution in [2.45, 2.75) is 24.2 Å². The van der Waals surface area contributed by atoms with Gasteiger partial charge in [-0.3, -0.25) is 0 Å². The molecular formula is C11H16FNS. The summed E-state index contributed by atoms with van der Waals surface area (Å²) in [5.41, 5.74) is 5.39. The topological polar surface area (TPSA) is 26.0 Å². The van der Waals surface area contributed by atoms with Crippen LogP contribution >= 0.6 is 11.8 Å². The Labute approximate surface area is 88.9 Å². The van der Waals surface area contributed by atoms with Crippen LogP contribution in [-0.2, 0) is 0 Å². The number of nitrogens with two attached hydrogens (primary N) is 1. The van der Waals surface area contributed by atoms with Crippen LogP contribution in [0.2, 0.25) is 0 Å². The van der Waals surface area contributed by atoms with Crippen LogP contribution in [0.3, 0.4) is 0 Å². The fourth-order valence-electron chi connectivity index (χ4n) is 1.17. The van der Waals surface area contributed by atoms with Gasteiger partial charge in [0.05, 0.1) is 0 Å². The first-order valence-corrected chi connectivity index (χ1v) is 5.90. The Morgan fingerprint density at radius 1 is 1.21 bits per heavy atom. The van der Waals surface area contributed by atoms with Gasteiger partial charge in [0.1, 0.15) is 5.82 Å². The molecule has 0 aromatic heterocycles. The monoisotopic (exact) mass is 213 g/mol. The van der Waals surface area contributed by atoms with Crippen molar-refractivity contribution in [3.8, 4) is 0 Å². The molecular weight excluding hydrogens is 197 g/mol. The first kappa shape index (κ1) is 11.5. The number of thioether (sulfide) groups is 1. The molecule has 0 saturated carbocycles. The Morgan fingerprint density at radius 2 is 2.07 bits per heavy atom. The molecule has 0 atom stereocenters. The molecule has 0 aliphatic carbocycles. The van der Waals surface area contributed by atoms with Crippen LogP contribution in [0, 0.1) is 5.82 Å². The van der Waals surface area contributed by atoms with E-state index < -0.39 is 0 Å². The summed E-state index contributed by atoms with van der Waals surface area (Å²) in [6.45, 7) is 0.768. The van der Waals surface area contributed by atoms with E-state index in [1.165, 1.54) is 12.5 Å². The first-order valence-electron chi connectivity index (χ1n) is 4.91. The van der Waals surface area contributed by atoms with Gasteiger partial charge in [0.2, 0.25) is 0 Å². The lowest BCUT2D eigenvalue weighted by Gasteiger charge is -2.01. The van der Waals surface area contributed by atoms with Gasteiger partial charge in [-0.15, -0.1) is 11.8 Å². The zero-order valence-electron chi connectivity index (χ0n) is 8.21. The molecule has 0 aliphatic rings. The number of hydrogen-bond donors (Lipinski definition) is 1. The Kier molecular flexibility index (Phi) is 5.64. The molecule has 0 aliphatic heterocycles. The standard InChI is InChI=1S/C11H16FNS/c12-10-5-4-6-11(9-10)14-8-3-1-2-7-13/h4-6,9H,1-3,7-8,13H2. The van der Waals surface area contributed by atoms with Gasteiger partial charge >= 0.3 is 0 Å². The van der Waals surface area contributed by atoms with Crippen LogP contribution in [0.1, 0.15) is 19.3 Å². The normalized spacial score (nSPS) is 10.4. The summed E-state index contributed by atoms with van der Waals surface area (Å²) in [6.07, 6.45) is 3.40. The van der Waals surface area contributed by atoms with Crippen molar-refractivity contribution in [3.63, 3.8) is 0 Å². The summed E-state index contributed by atoms with van der Waals surface area (Å²) >= 11 is 1.70. The average molecular weight is 213 g/mol. The molecule has 0 heterocycles. The van der Waals surface area contributed by atoms with Crippen LogP contribution in [0.25, 0.3) is 0 Å². The Hall–Kier alpha value is -0.540. The molecule has 0 unspecified atom stereocenters. The van der Waals surface area contributed by atoms with Crippen LogP contribution in [0.4, 0.5) is 4.39 Å². The second kappa shape index (κ2) is 6.85. The van der Waals surface area contributed by atoms with Gasteiger partial charge in [0.15, 0.2) is 0 Å². The number of hydrogen-bond acceptors (Lipinski definition) is 2. The van der Waals surface area contributed by atoms with Gasteiger partial charge in [-0.05, 0) is 43.3 Å². The van der Waals surface area contributed by atoms with E-state index in [1.807, 2.05) is 6.07 Å². The molecule has 78 valence electrons. The third-order valence-electron chi connectivity index (χ3n) is 1.91. The number of unbranched alkanes of at least 4 members (excludes halogenated alkanes) is 2. The van der Waals surface area contributed by atoms with E-state index in [0.29, 0.717) is 0 Å². The minimum absolute atomic E-state index is 0.156. The summed E-state index contributed by atoms with van der Waals surface area (Å²) in [6, 6.07) is 6.74. The van der Waals surface area contributed by atoms with Crippen LogP contribution in [0.15, 0.2) is 29.2 Å². The third kappa shape index (κ3) is 4.63. The highest BCUT2D eigenvalue weighted by molar-refractivity contribution is 7.99. The highest BCUT2D eigenvalue weighted by atomic mass is 32.2. The predicted molar refractivity (Wildman–Crippen MR) is 60.0 cm³/mol. The second-order valence-electron chi connectivity index (χ2n) is 3.16. The molecule has 0 fully saturated rings. The molecule has 14 heavy (non-hydrogen) atoms. The Balaban J connectivity index is 2.18. The summed E-state index contributed by atoms with van der Waals surface area (Å²) in [5.74, 6) is 0.889. The van der Waals surface area contributed by atoms with E-state index in [1.54, 1.807) is 23.9 Å². The fraction of sp³-hybridized carbons (Fsp3) is 0.455. The van der Waals surface area contributed by atoms with E-state index in [0.717, 1.165) is 30.0 Å². The maximum absolute atomic E-state index is 12.8. The molecule has 2 N–H and O–H groups in total. The average Bonchev–Trinajstić information content (AvgIpc) is 2.18. The number of benzene rings is 1. The van der Waals surface area contributed by atoms with Gasteiger partial charge < -0.3 is 5.73 Å². The van der Waals surface area contributed by atoms with Crippen molar-refractivity contribution in [3.05, 3.63) is 30.1 Å². The highest BCUT2D eigenvalue weighted by Gasteiger charge is 1.95. The number of rotatable bonds is 6. The second-order valence-corrected chi connectivity index (χ2v) is 4.32. The van der Waals surface area contributed by atoms with E-state index >= 15 is 0 Å². The van der Waals surface area contributed by atoms with Gasteiger partial charge in [0, 0.05) is 4.90 Å². The SMILES string of the molecule is NCCCCCSc1cccc(F)c1. The Morgan fingerprint density at radius 3 is 2.79 bits per heavy atom. The third-order valence-corrected chi connectivity index (χ3v) is 2.99. The molecule has 1 aromatic carbocycles. The van der Waals surface area contributed by atoms with Crippen molar-refractivity contribution in [1.82, 2.24) is 0 Å². The molecule has 0 bridgehead atoms. The molecule has 1 rings (SSSR count). The Bertz CT molecular complexity index is 265. The van der Waals surface area contributed by atoms with Crippen LogP contribution < -0.4 is 5.73 Å². The molecule has 0 spiro atoms. The van der Waals surface area contributed by atoms with Gasteiger partial charge in [-0.2, -0.15) is 0 Å². The maximum atomic E-state index is 12.8. The summed E-state index contributed by atoms with van der Waals surface area (Å²) in [5, 5.41) is 0. The minimum atomic E-state index is -0.156. The zero-order chi connectivity index (χ0) is 10.2. The molecule has 3 heteroatoms. The quantitative estimate of drug-likeness (QED) is 0.580. The minimum Gasteiger partial charge on any atom is -0.330 e. The predicted octanol–water partition coefficient (Wildman–Crippen LogP) is 3.05. The van der Waals surface area contributed by atoms with Crippen molar-refractivity contribution < 1.29 is 4.39 Å². The molecule has 1 nitrogen and oxygen atoms in total. The molecule has 0 radical (unpaired) electrons. The lowest BCUT2D eigenvalue weighted by atomic mass is 10.2. The maximum Gasteiger partial charge on any atom is 0.124 e. The largest absolute Gasteiger partial charge is 0.330 e. The smallest absolute Gasteiger partial charge is 0.124 e. The lowest BCUT2D eigenvalue weighted by Crippen LogP contribution is -1.97. The van der Waals surface area contributed by atoms with Crippen molar-refractivity contribution in [2.75, 3.05) is 12.3 Å². The fourth-order valence-corrected chi connectivity index (χ4v) is 2.12. The molecule has 0 saturated heterocycles. The summed E-state index contributed by atoms with van der Waals surface area (Å²) in [4.78, 5) is 1.01. The van der Waals surface area contributed by atoms with E-state index in [4.69, 9.17) is 5.73 Å². The van der Waals surface area contributed by atoms with E-state index in [2.05, 4.69) is 0 Å². The lowest BCUT2D eigenvalue weighted by molar-refractivity contribution is 0.624. The zero-order valence-corrected chi connectivity index (χ0v) is 9.02. The van der Waals surface area contributed by atoms with Crippen molar-refractivity contribution in [1.29, 1.82) is 0 Å².